The molecule has 0 saturated heterocycles. The van der Waals surface area contributed by atoms with Crippen LogP contribution in [0.1, 0.15) is 21.7 Å². The highest BCUT2D eigenvalue weighted by Gasteiger charge is 2.16. The maximum absolute atomic E-state index is 12.9. The number of anilines is 1. The molecule has 0 aliphatic heterocycles. The number of aromatic nitrogens is 4. The Morgan fingerprint density at radius 2 is 1.96 bits per heavy atom. The predicted octanol–water partition coefficient (Wildman–Crippen LogP) is 2.84. The maximum atomic E-state index is 12.9. The van der Waals surface area contributed by atoms with Crippen LogP contribution < -0.4 is 5.32 Å². The van der Waals surface area contributed by atoms with Gasteiger partial charge in [0.05, 0.1) is 11.9 Å². The molecule has 8 heteroatoms. The summed E-state index contributed by atoms with van der Waals surface area (Å²) in [5.41, 5.74) is 1.95. The fraction of sp³-hybridized carbons (Fsp3) is 0.0667. The van der Waals surface area contributed by atoms with Crippen molar-refractivity contribution in [1.29, 1.82) is 0 Å². The number of nitrogens with zero attached hydrogens (tertiary/aromatic N) is 3. The van der Waals surface area contributed by atoms with Crippen molar-refractivity contribution in [2.75, 3.05) is 5.32 Å². The number of amides is 1. The first-order chi connectivity index (χ1) is 11.1. The Morgan fingerprint density at radius 3 is 2.70 bits per heavy atom. The molecule has 0 radical (unpaired) electrons. The molecule has 0 aliphatic rings. The maximum Gasteiger partial charge on any atom is 0.273 e. The Hall–Kier alpha value is -2.80. The second kappa shape index (κ2) is 6.53. The van der Waals surface area contributed by atoms with Gasteiger partial charge in [-0.25, -0.2) is 9.37 Å². The number of H-pyrrole nitrogens is 1. The van der Waals surface area contributed by atoms with Gasteiger partial charge in [-0.15, -0.1) is 0 Å². The first-order valence-corrected chi connectivity index (χ1v) is 7.06. The van der Waals surface area contributed by atoms with Gasteiger partial charge in [0.25, 0.3) is 5.91 Å². The van der Waals surface area contributed by atoms with Gasteiger partial charge in [0, 0.05) is 30.1 Å². The number of benzene rings is 1. The van der Waals surface area contributed by atoms with Gasteiger partial charge in [0.2, 0.25) is 0 Å². The number of rotatable bonds is 4. The van der Waals surface area contributed by atoms with Crippen LogP contribution in [-0.4, -0.2) is 26.1 Å². The van der Waals surface area contributed by atoms with Crippen LogP contribution in [0.2, 0.25) is 5.15 Å². The third kappa shape index (κ3) is 3.51. The van der Waals surface area contributed by atoms with Crippen LogP contribution in [0, 0.1) is 5.82 Å². The van der Waals surface area contributed by atoms with E-state index < -0.39 is 0 Å². The fourth-order valence-electron chi connectivity index (χ4n) is 2.02. The highest BCUT2D eigenvalue weighted by atomic mass is 35.5. The molecular formula is C15H11ClFN5O. The highest BCUT2D eigenvalue weighted by molar-refractivity contribution is 6.30. The summed E-state index contributed by atoms with van der Waals surface area (Å²) >= 11 is 5.98. The van der Waals surface area contributed by atoms with E-state index in [-0.39, 0.29) is 22.6 Å². The molecule has 1 aromatic carbocycles. The van der Waals surface area contributed by atoms with Gasteiger partial charge >= 0.3 is 0 Å². The molecule has 0 aliphatic carbocycles. The summed E-state index contributed by atoms with van der Waals surface area (Å²) in [6, 6.07) is 5.48. The average Bonchev–Trinajstić information content (AvgIpc) is 3.00. The Balaban J connectivity index is 1.79. The third-order valence-electron chi connectivity index (χ3n) is 3.13. The van der Waals surface area contributed by atoms with Crippen molar-refractivity contribution in [2.45, 2.75) is 6.42 Å². The van der Waals surface area contributed by atoms with Crippen LogP contribution in [0.25, 0.3) is 0 Å². The minimum absolute atomic E-state index is 0.276. The van der Waals surface area contributed by atoms with Gasteiger partial charge < -0.3 is 5.32 Å². The largest absolute Gasteiger partial charge is 0.321 e. The van der Waals surface area contributed by atoms with Crippen molar-refractivity contribution in [3.63, 3.8) is 0 Å². The molecule has 2 heterocycles. The summed E-state index contributed by atoms with van der Waals surface area (Å²) in [7, 11) is 0. The predicted molar refractivity (Wildman–Crippen MR) is 82.8 cm³/mol. The van der Waals surface area contributed by atoms with Crippen LogP contribution in [0.3, 0.4) is 0 Å². The number of hydrogen-bond donors (Lipinski definition) is 2. The molecule has 2 N–H and O–H groups in total. The standard InChI is InChI=1S/C15H11ClFN5O/c16-14-12(18-5-6-19-14)7-9-8-20-22-13(9)15(23)21-11-3-1-10(17)2-4-11/h1-6,8H,7H2,(H,20,22)(H,21,23). The van der Waals surface area contributed by atoms with E-state index in [4.69, 9.17) is 11.6 Å². The molecule has 23 heavy (non-hydrogen) atoms. The van der Waals surface area contributed by atoms with Gasteiger partial charge in [0.1, 0.15) is 11.5 Å². The summed E-state index contributed by atoms with van der Waals surface area (Å²) < 4.78 is 12.9. The highest BCUT2D eigenvalue weighted by Crippen LogP contribution is 2.17. The molecule has 0 atom stereocenters. The first kappa shape index (κ1) is 15.1. The number of halogens is 2. The number of nitrogens with one attached hydrogen (secondary N) is 2. The van der Waals surface area contributed by atoms with Gasteiger partial charge in [-0.05, 0) is 24.3 Å². The summed E-state index contributed by atoms with van der Waals surface area (Å²) in [6.45, 7) is 0. The molecule has 3 aromatic rings. The molecule has 6 nitrogen and oxygen atoms in total. The van der Waals surface area contributed by atoms with E-state index in [2.05, 4.69) is 25.5 Å². The van der Waals surface area contributed by atoms with Gasteiger partial charge in [-0.1, -0.05) is 11.6 Å². The van der Waals surface area contributed by atoms with Crippen molar-refractivity contribution < 1.29 is 9.18 Å². The van der Waals surface area contributed by atoms with E-state index in [1.54, 1.807) is 0 Å². The van der Waals surface area contributed by atoms with Crippen LogP contribution >= 0.6 is 11.6 Å². The number of hydrogen-bond acceptors (Lipinski definition) is 4. The van der Waals surface area contributed by atoms with Crippen LogP contribution in [0.15, 0.2) is 42.9 Å². The number of carbonyl (C=O) groups excluding carboxylic acids is 1. The van der Waals surface area contributed by atoms with E-state index in [0.717, 1.165) is 0 Å². The second-order valence-corrected chi connectivity index (χ2v) is 5.06. The monoisotopic (exact) mass is 331 g/mol. The number of aromatic amines is 1. The Kier molecular flexibility index (Phi) is 4.29. The SMILES string of the molecule is O=C(Nc1ccc(F)cc1)c1[nH]ncc1Cc1nccnc1Cl. The van der Waals surface area contributed by atoms with Gasteiger partial charge in [0.15, 0.2) is 5.15 Å². The lowest BCUT2D eigenvalue weighted by Gasteiger charge is -2.06. The van der Waals surface area contributed by atoms with Crippen LogP contribution in [0.5, 0.6) is 0 Å². The average molecular weight is 332 g/mol. The fourth-order valence-corrected chi connectivity index (χ4v) is 2.19. The Morgan fingerprint density at radius 1 is 1.22 bits per heavy atom. The van der Waals surface area contributed by atoms with E-state index >= 15 is 0 Å². The zero-order valence-corrected chi connectivity index (χ0v) is 12.5. The van der Waals surface area contributed by atoms with Gasteiger partial charge in [-0.3, -0.25) is 14.9 Å². The lowest BCUT2D eigenvalue weighted by atomic mass is 10.1. The zero-order valence-electron chi connectivity index (χ0n) is 11.8. The minimum atomic E-state index is -0.385. The normalized spacial score (nSPS) is 10.5. The topological polar surface area (TPSA) is 83.6 Å². The zero-order chi connectivity index (χ0) is 16.2. The van der Waals surface area contributed by atoms with Crippen molar-refractivity contribution in [1.82, 2.24) is 20.2 Å². The van der Waals surface area contributed by atoms with Gasteiger partial charge in [-0.2, -0.15) is 5.10 Å². The summed E-state index contributed by atoms with van der Waals surface area (Å²) in [6.07, 6.45) is 4.86. The second-order valence-electron chi connectivity index (χ2n) is 4.70. The Labute approximate surface area is 135 Å². The molecule has 1 amide bonds. The molecule has 2 aromatic heterocycles. The first-order valence-electron chi connectivity index (χ1n) is 6.68. The van der Waals surface area contributed by atoms with Crippen LogP contribution in [0.4, 0.5) is 10.1 Å². The molecule has 0 unspecified atom stereocenters. The molecule has 0 bridgehead atoms. The lowest BCUT2D eigenvalue weighted by Crippen LogP contribution is -2.14. The summed E-state index contributed by atoms with van der Waals surface area (Å²) in [5, 5.41) is 9.48. The molecule has 0 spiro atoms. The summed E-state index contributed by atoms with van der Waals surface area (Å²) in [5.74, 6) is -0.758. The molecule has 3 rings (SSSR count). The Bertz CT molecular complexity index is 834. The van der Waals surface area contributed by atoms with E-state index in [1.165, 1.54) is 42.9 Å². The lowest BCUT2D eigenvalue weighted by molar-refractivity contribution is 0.102. The van der Waals surface area contributed by atoms with Crippen molar-refractivity contribution >= 4 is 23.2 Å². The third-order valence-corrected chi connectivity index (χ3v) is 3.44. The number of carbonyl (C=O) groups is 1. The molecule has 0 saturated carbocycles. The molecule has 116 valence electrons. The van der Waals surface area contributed by atoms with Crippen molar-refractivity contribution in [2.24, 2.45) is 0 Å². The summed E-state index contributed by atoms with van der Waals surface area (Å²) in [4.78, 5) is 20.4. The molecule has 0 fully saturated rings. The van der Waals surface area contributed by atoms with E-state index in [0.29, 0.717) is 23.4 Å². The van der Waals surface area contributed by atoms with E-state index in [1.807, 2.05) is 0 Å². The van der Waals surface area contributed by atoms with Crippen LogP contribution in [-0.2, 0) is 6.42 Å². The van der Waals surface area contributed by atoms with Crippen molar-refractivity contribution in [3.8, 4) is 0 Å². The molecular weight excluding hydrogens is 321 g/mol. The smallest absolute Gasteiger partial charge is 0.273 e. The quantitative estimate of drug-likeness (QED) is 0.770. The minimum Gasteiger partial charge on any atom is -0.321 e. The van der Waals surface area contributed by atoms with E-state index in [9.17, 15) is 9.18 Å². The van der Waals surface area contributed by atoms with Crippen molar-refractivity contribution in [3.05, 3.63) is 70.8 Å².